The van der Waals surface area contributed by atoms with E-state index in [0.717, 1.165) is 16.5 Å². The Hall–Kier alpha value is -1.40. The molecule has 0 fully saturated rings. The van der Waals surface area contributed by atoms with E-state index in [9.17, 15) is 0 Å². The number of fused-ring (bicyclic) bond motifs is 1. The fraction of sp³-hybridized carbons (Fsp3) is 0.0909. The summed E-state index contributed by atoms with van der Waals surface area (Å²) >= 11 is 3.36. The lowest BCUT2D eigenvalue weighted by Gasteiger charge is -2.02. The van der Waals surface area contributed by atoms with E-state index in [-0.39, 0.29) is 0 Å². The van der Waals surface area contributed by atoms with Crippen molar-refractivity contribution in [3.8, 4) is 6.07 Å². The number of hydrogen-bond acceptors (Lipinski definition) is 2. The summed E-state index contributed by atoms with van der Waals surface area (Å²) in [4.78, 5) is 4.23. The molecule has 0 aliphatic rings. The zero-order valence-corrected chi connectivity index (χ0v) is 8.95. The lowest BCUT2D eigenvalue weighted by Crippen LogP contribution is -1.87. The van der Waals surface area contributed by atoms with Gasteiger partial charge in [0.15, 0.2) is 0 Å². The van der Waals surface area contributed by atoms with E-state index in [2.05, 4.69) is 27.0 Å². The van der Waals surface area contributed by atoms with Crippen molar-refractivity contribution in [2.45, 2.75) is 5.33 Å². The summed E-state index contributed by atoms with van der Waals surface area (Å²) in [5, 5.41) is 10.6. The molecule has 1 aromatic heterocycles. The monoisotopic (exact) mass is 246 g/mol. The quantitative estimate of drug-likeness (QED) is 0.726. The molecular weight excluding hydrogens is 240 g/mol. The van der Waals surface area contributed by atoms with Crippen LogP contribution in [0.4, 0.5) is 0 Å². The Bertz CT molecular complexity index is 514. The fourth-order valence-electron chi connectivity index (χ4n) is 1.38. The van der Waals surface area contributed by atoms with Crippen LogP contribution in [0.25, 0.3) is 10.9 Å². The number of alkyl halides is 1. The molecule has 0 spiro atoms. The Kier molecular flexibility index (Phi) is 2.47. The van der Waals surface area contributed by atoms with Gasteiger partial charge in [-0.2, -0.15) is 5.26 Å². The number of aromatic nitrogens is 1. The molecule has 0 atom stereocenters. The van der Waals surface area contributed by atoms with Crippen molar-refractivity contribution >= 4 is 26.8 Å². The molecule has 2 rings (SSSR count). The standard InChI is InChI=1S/C11H7BrN2/c12-6-9-5-11-8(2-1-3-14-11)4-10(9)7-13/h1-5H,6H2. The van der Waals surface area contributed by atoms with Crippen molar-refractivity contribution in [2.24, 2.45) is 0 Å². The van der Waals surface area contributed by atoms with E-state index < -0.39 is 0 Å². The van der Waals surface area contributed by atoms with Crippen LogP contribution in [-0.4, -0.2) is 4.98 Å². The number of hydrogen-bond donors (Lipinski definition) is 0. The van der Waals surface area contributed by atoms with Crippen LogP contribution in [0.3, 0.4) is 0 Å². The van der Waals surface area contributed by atoms with Crippen LogP contribution in [-0.2, 0) is 5.33 Å². The molecule has 1 heterocycles. The zero-order valence-electron chi connectivity index (χ0n) is 7.37. The minimum absolute atomic E-state index is 0.683. The van der Waals surface area contributed by atoms with Crippen molar-refractivity contribution in [1.29, 1.82) is 5.26 Å². The van der Waals surface area contributed by atoms with Gasteiger partial charge in [0, 0.05) is 16.9 Å². The van der Waals surface area contributed by atoms with E-state index in [1.54, 1.807) is 6.20 Å². The predicted molar refractivity (Wildman–Crippen MR) is 59.1 cm³/mol. The molecule has 68 valence electrons. The summed E-state index contributed by atoms with van der Waals surface area (Å²) < 4.78 is 0. The maximum absolute atomic E-state index is 8.92. The summed E-state index contributed by atoms with van der Waals surface area (Å²) in [5.41, 5.74) is 2.63. The SMILES string of the molecule is N#Cc1cc2cccnc2cc1CBr. The maximum atomic E-state index is 8.92. The van der Waals surface area contributed by atoms with Gasteiger partial charge in [-0.15, -0.1) is 0 Å². The van der Waals surface area contributed by atoms with E-state index in [4.69, 9.17) is 5.26 Å². The van der Waals surface area contributed by atoms with Crippen LogP contribution in [0, 0.1) is 11.3 Å². The molecule has 0 N–H and O–H groups in total. The topological polar surface area (TPSA) is 36.7 Å². The Balaban J connectivity index is 2.77. The van der Waals surface area contributed by atoms with Crippen molar-refractivity contribution in [3.05, 3.63) is 41.6 Å². The van der Waals surface area contributed by atoms with Gasteiger partial charge in [0.2, 0.25) is 0 Å². The normalized spacial score (nSPS) is 10.0. The molecular formula is C11H7BrN2. The summed E-state index contributed by atoms with van der Waals surface area (Å²) in [6, 6.07) is 9.83. The fourth-order valence-corrected chi connectivity index (χ4v) is 1.84. The first kappa shape index (κ1) is 9.17. The third-order valence-electron chi connectivity index (χ3n) is 2.09. The molecule has 0 aliphatic heterocycles. The van der Waals surface area contributed by atoms with Gasteiger partial charge in [0.05, 0.1) is 17.1 Å². The van der Waals surface area contributed by atoms with Crippen LogP contribution in [0.15, 0.2) is 30.5 Å². The van der Waals surface area contributed by atoms with Crippen molar-refractivity contribution in [2.75, 3.05) is 0 Å². The van der Waals surface area contributed by atoms with E-state index in [1.165, 1.54) is 0 Å². The van der Waals surface area contributed by atoms with Crippen molar-refractivity contribution in [3.63, 3.8) is 0 Å². The third kappa shape index (κ3) is 1.49. The van der Waals surface area contributed by atoms with E-state index in [1.807, 2.05) is 24.3 Å². The number of halogens is 1. The highest BCUT2D eigenvalue weighted by Crippen LogP contribution is 2.19. The largest absolute Gasteiger partial charge is 0.256 e. The van der Waals surface area contributed by atoms with Crippen LogP contribution >= 0.6 is 15.9 Å². The highest BCUT2D eigenvalue weighted by molar-refractivity contribution is 9.08. The number of rotatable bonds is 1. The van der Waals surface area contributed by atoms with Crippen LogP contribution in [0.2, 0.25) is 0 Å². The second-order valence-electron chi connectivity index (χ2n) is 2.95. The molecule has 1 aromatic carbocycles. The Morgan fingerprint density at radius 3 is 3.00 bits per heavy atom. The number of nitrogens with zero attached hydrogens (tertiary/aromatic N) is 2. The van der Waals surface area contributed by atoms with E-state index in [0.29, 0.717) is 10.9 Å². The number of pyridine rings is 1. The first-order chi connectivity index (χ1) is 6.85. The van der Waals surface area contributed by atoms with Gasteiger partial charge in [-0.05, 0) is 23.8 Å². The Morgan fingerprint density at radius 2 is 2.29 bits per heavy atom. The molecule has 3 heteroatoms. The third-order valence-corrected chi connectivity index (χ3v) is 2.70. The average Bonchev–Trinajstić information content (AvgIpc) is 2.27. The van der Waals surface area contributed by atoms with Gasteiger partial charge in [-0.3, -0.25) is 4.98 Å². The molecule has 0 unspecified atom stereocenters. The molecule has 0 radical (unpaired) electrons. The second-order valence-corrected chi connectivity index (χ2v) is 3.51. The van der Waals surface area contributed by atoms with Crippen LogP contribution in [0.5, 0.6) is 0 Å². The molecule has 0 bridgehead atoms. The highest BCUT2D eigenvalue weighted by atomic mass is 79.9. The van der Waals surface area contributed by atoms with E-state index >= 15 is 0 Å². The van der Waals surface area contributed by atoms with Crippen molar-refractivity contribution < 1.29 is 0 Å². The summed E-state index contributed by atoms with van der Waals surface area (Å²) in [7, 11) is 0. The van der Waals surface area contributed by atoms with Gasteiger partial charge in [0.1, 0.15) is 0 Å². The van der Waals surface area contributed by atoms with Crippen LogP contribution in [0.1, 0.15) is 11.1 Å². The molecule has 2 nitrogen and oxygen atoms in total. The predicted octanol–water partition coefficient (Wildman–Crippen LogP) is 3.00. The summed E-state index contributed by atoms with van der Waals surface area (Å²) in [6.07, 6.45) is 1.76. The Morgan fingerprint density at radius 1 is 1.43 bits per heavy atom. The molecule has 0 amide bonds. The maximum Gasteiger partial charge on any atom is 0.0995 e. The van der Waals surface area contributed by atoms with Gasteiger partial charge >= 0.3 is 0 Å². The van der Waals surface area contributed by atoms with Gasteiger partial charge in [-0.1, -0.05) is 22.0 Å². The first-order valence-electron chi connectivity index (χ1n) is 4.19. The summed E-state index contributed by atoms with van der Waals surface area (Å²) in [5.74, 6) is 0. The smallest absolute Gasteiger partial charge is 0.0995 e. The van der Waals surface area contributed by atoms with Gasteiger partial charge < -0.3 is 0 Å². The van der Waals surface area contributed by atoms with Crippen molar-refractivity contribution in [1.82, 2.24) is 4.98 Å². The summed E-state index contributed by atoms with van der Waals surface area (Å²) in [6.45, 7) is 0. The minimum Gasteiger partial charge on any atom is -0.256 e. The Labute approximate surface area is 90.3 Å². The van der Waals surface area contributed by atoms with Crippen LogP contribution < -0.4 is 0 Å². The van der Waals surface area contributed by atoms with Gasteiger partial charge in [-0.25, -0.2) is 0 Å². The number of benzene rings is 1. The first-order valence-corrected chi connectivity index (χ1v) is 5.31. The van der Waals surface area contributed by atoms with Gasteiger partial charge in [0.25, 0.3) is 0 Å². The lowest BCUT2D eigenvalue weighted by molar-refractivity contribution is 1.35. The molecule has 0 saturated carbocycles. The number of nitriles is 1. The lowest BCUT2D eigenvalue weighted by atomic mass is 10.1. The molecule has 2 aromatic rings. The minimum atomic E-state index is 0.683. The molecule has 0 saturated heterocycles. The highest BCUT2D eigenvalue weighted by Gasteiger charge is 2.03. The molecule has 0 aliphatic carbocycles. The second kappa shape index (κ2) is 3.77. The zero-order chi connectivity index (χ0) is 9.97. The molecule has 14 heavy (non-hydrogen) atoms. The average molecular weight is 247 g/mol.